The van der Waals surface area contributed by atoms with Crippen LogP contribution in [0.2, 0.25) is 0 Å². The normalized spacial score (nSPS) is 10.6. The maximum absolute atomic E-state index is 12.6. The molecule has 7 heteroatoms. The van der Waals surface area contributed by atoms with Gasteiger partial charge in [0, 0.05) is 39.6 Å². The van der Waals surface area contributed by atoms with E-state index in [0.717, 1.165) is 14.8 Å². The molecule has 0 atom stereocenters. The van der Waals surface area contributed by atoms with Crippen molar-refractivity contribution in [3.05, 3.63) is 88.5 Å². The molecule has 3 heterocycles. The lowest BCUT2D eigenvalue weighted by Gasteiger charge is -2.09. The first-order chi connectivity index (χ1) is 13.2. The number of aromatic nitrogens is 4. The van der Waals surface area contributed by atoms with E-state index in [2.05, 4.69) is 43.0 Å². The summed E-state index contributed by atoms with van der Waals surface area (Å²) in [7, 11) is 0. The summed E-state index contributed by atoms with van der Waals surface area (Å²) in [4.78, 5) is 21.2. The number of amides is 1. The number of nitrogens with zero attached hydrogens (tertiary/aromatic N) is 4. The van der Waals surface area contributed by atoms with Gasteiger partial charge in [0.2, 0.25) is 0 Å². The van der Waals surface area contributed by atoms with Gasteiger partial charge in [0.05, 0.1) is 11.3 Å². The number of hydrogen-bond donors (Lipinski definition) is 1. The molecule has 1 N–H and O–H groups in total. The molecule has 4 rings (SSSR count). The van der Waals surface area contributed by atoms with E-state index in [1.807, 2.05) is 42.5 Å². The molecule has 4 aromatic rings. The molecule has 0 aliphatic rings. The second-order valence-corrected chi connectivity index (χ2v) is 6.88. The van der Waals surface area contributed by atoms with Crippen LogP contribution in [0, 0.1) is 3.57 Å². The molecular formula is C20H14IN5O. The van der Waals surface area contributed by atoms with Gasteiger partial charge < -0.3 is 5.32 Å². The first-order valence-electron chi connectivity index (χ1n) is 8.19. The molecule has 1 amide bonds. The molecule has 0 radical (unpaired) electrons. The maximum Gasteiger partial charge on any atom is 0.257 e. The summed E-state index contributed by atoms with van der Waals surface area (Å²) in [5.74, 6) is 0.436. The lowest BCUT2D eigenvalue weighted by atomic mass is 10.1. The zero-order chi connectivity index (χ0) is 18.6. The molecule has 0 fully saturated rings. The van der Waals surface area contributed by atoms with Gasteiger partial charge in [-0.15, -0.1) is 0 Å². The average molecular weight is 467 g/mol. The van der Waals surface area contributed by atoms with Crippen LogP contribution in [0.25, 0.3) is 17.1 Å². The zero-order valence-corrected chi connectivity index (χ0v) is 16.2. The van der Waals surface area contributed by atoms with E-state index in [0.29, 0.717) is 17.1 Å². The highest BCUT2D eigenvalue weighted by atomic mass is 127. The summed E-state index contributed by atoms with van der Waals surface area (Å²) >= 11 is 2.26. The van der Waals surface area contributed by atoms with Gasteiger partial charge in [0.25, 0.3) is 5.91 Å². The molecule has 0 aliphatic carbocycles. The molecule has 132 valence electrons. The Hall–Kier alpha value is -3.07. The highest BCUT2D eigenvalue weighted by Gasteiger charge is 2.10. The minimum atomic E-state index is -0.220. The summed E-state index contributed by atoms with van der Waals surface area (Å²) in [6.07, 6.45) is 6.77. The second kappa shape index (κ2) is 7.67. The van der Waals surface area contributed by atoms with E-state index in [-0.39, 0.29) is 5.91 Å². The van der Waals surface area contributed by atoms with E-state index >= 15 is 0 Å². The fraction of sp³-hybridized carbons (Fsp3) is 0. The number of nitrogens with one attached hydrogen (secondary N) is 1. The maximum atomic E-state index is 12.6. The van der Waals surface area contributed by atoms with Gasteiger partial charge in [0.1, 0.15) is 0 Å². The standard InChI is InChI=1S/C20H14IN5O/c21-17-7-6-15(12-16(17)18-4-1-2-9-22-18)25-20(27)14-5-8-19(23-13-14)26-11-3-10-24-26/h1-13H,(H,25,27). The van der Waals surface area contributed by atoms with Crippen LogP contribution < -0.4 is 5.32 Å². The zero-order valence-electron chi connectivity index (χ0n) is 14.1. The van der Waals surface area contributed by atoms with Crippen LogP contribution in [0.15, 0.2) is 79.4 Å². The van der Waals surface area contributed by atoms with Crippen molar-refractivity contribution in [1.29, 1.82) is 0 Å². The third-order valence-corrected chi connectivity index (χ3v) is 4.85. The van der Waals surface area contributed by atoms with Gasteiger partial charge in [-0.2, -0.15) is 5.10 Å². The fourth-order valence-electron chi connectivity index (χ4n) is 2.58. The molecule has 27 heavy (non-hydrogen) atoms. The average Bonchev–Trinajstić information content (AvgIpc) is 3.25. The van der Waals surface area contributed by atoms with Crippen LogP contribution in [-0.2, 0) is 0 Å². The summed E-state index contributed by atoms with van der Waals surface area (Å²) < 4.78 is 2.70. The Morgan fingerprint density at radius 2 is 1.93 bits per heavy atom. The largest absolute Gasteiger partial charge is 0.322 e. The van der Waals surface area contributed by atoms with Gasteiger partial charge in [0.15, 0.2) is 5.82 Å². The molecule has 0 spiro atoms. The number of benzene rings is 1. The second-order valence-electron chi connectivity index (χ2n) is 5.72. The first kappa shape index (κ1) is 17.3. The fourth-order valence-corrected chi connectivity index (χ4v) is 3.20. The monoisotopic (exact) mass is 467 g/mol. The predicted octanol–water partition coefficient (Wildman–Crippen LogP) is 4.19. The molecule has 0 saturated carbocycles. The van der Waals surface area contributed by atoms with Crippen LogP contribution in [0.4, 0.5) is 5.69 Å². The lowest BCUT2D eigenvalue weighted by molar-refractivity contribution is 0.102. The number of hydrogen-bond acceptors (Lipinski definition) is 4. The van der Waals surface area contributed by atoms with Gasteiger partial charge in [-0.05, 0) is 71.1 Å². The van der Waals surface area contributed by atoms with Crippen molar-refractivity contribution in [3.63, 3.8) is 0 Å². The number of carbonyl (C=O) groups excluding carboxylic acids is 1. The number of pyridine rings is 2. The van der Waals surface area contributed by atoms with E-state index in [4.69, 9.17) is 0 Å². The molecule has 0 saturated heterocycles. The SMILES string of the molecule is O=C(Nc1ccc(I)c(-c2ccccn2)c1)c1ccc(-n2cccn2)nc1. The van der Waals surface area contributed by atoms with Crippen molar-refractivity contribution in [2.24, 2.45) is 0 Å². The van der Waals surface area contributed by atoms with Gasteiger partial charge >= 0.3 is 0 Å². The Balaban J connectivity index is 1.55. The van der Waals surface area contributed by atoms with E-state index < -0.39 is 0 Å². The van der Waals surface area contributed by atoms with Crippen molar-refractivity contribution >= 4 is 34.2 Å². The topological polar surface area (TPSA) is 72.7 Å². The van der Waals surface area contributed by atoms with Gasteiger partial charge in [-0.25, -0.2) is 9.67 Å². The molecule has 0 aliphatic heterocycles. The molecule has 0 unspecified atom stereocenters. The van der Waals surface area contributed by atoms with Crippen molar-refractivity contribution in [2.75, 3.05) is 5.32 Å². The van der Waals surface area contributed by atoms with Crippen molar-refractivity contribution in [2.45, 2.75) is 0 Å². The summed E-state index contributed by atoms with van der Waals surface area (Å²) in [5.41, 5.74) is 3.02. The number of rotatable bonds is 4. The molecule has 1 aromatic carbocycles. The van der Waals surface area contributed by atoms with Crippen LogP contribution in [0.1, 0.15) is 10.4 Å². The van der Waals surface area contributed by atoms with Gasteiger partial charge in [-0.3, -0.25) is 9.78 Å². The van der Waals surface area contributed by atoms with Crippen molar-refractivity contribution in [1.82, 2.24) is 19.7 Å². The lowest BCUT2D eigenvalue weighted by Crippen LogP contribution is -2.13. The first-order valence-corrected chi connectivity index (χ1v) is 9.27. The molecule has 3 aromatic heterocycles. The smallest absolute Gasteiger partial charge is 0.257 e. The van der Waals surface area contributed by atoms with Crippen LogP contribution >= 0.6 is 22.6 Å². The summed E-state index contributed by atoms with van der Waals surface area (Å²) in [5, 5.41) is 7.04. The third-order valence-electron chi connectivity index (χ3n) is 3.91. The minimum absolute atomic E-state index is 0.220. The number of carbonyl (C=O) groups is 1. The van der Waals surface area contributed by atoms with Crippen LogP contribution in [0.3, 0.4) is 0 Å². The van der Waals surface area contributed by atoms with E-state index in [9.17, 15) is 4.79 Å². The van der Waals surface area contributed by atoms with Crippen molar-refractivity contribution < 1.29 is 4.79 Å². The minimum Gasteiger partial charge on any atom is -0.322 e. The Morgan fingerprint density at radius 3 is 2.63 bits per heavy atom. The Labute approximate surface area is 169 Å². The van der Waals surface area contributed by atoms with Gasteiger partial charge in [-0.1, -0.05) is 6.07 Å². The van der Waals surface area contributed by atoms with Crippen LogP contribution in [0.5, 0.6) is 0 Å². The number of halogens is 1. The third kappa shape index (κ3) is 3.87. The Morgan fingerprint density at radius 1 is 1.00 bits per heavy atom. The Bertz CT molecular complexity index is 1060. The van der Waals surface area contributed by atoms with E-state index in [1.54, 1.807) is 41.6 Å². The highest BCUT2D eigenvalue weighted by Crippen LogP contribution is 2.27. The van der Waals surface area contributed by atoms with Crippen molar-refractivity contribution in [3.8, 4) is 17.1 Å². The molecule has 0 bridgehead atoms. The number of anilines is 1. The quantitative estimate of drug-likeness (QED) is 0.457. The van der Waals surface area contributed by atoms with Crippen LogP contribution in [-0.4, -0.2) is 25.7 Å². The summed E-state index contributed by atoms with van der Waals surface area (Å²) in [6, 6.07) is 16.8. The molecule has 6 nitrogen and oxygen atoms in total. The van der Waals surface area contributed by atoms with E-state index in [1.165, 1.54) is 0 Å². The predicted molar refractivity (Wildman–Crippen MR) is 112 cm³/mol. The Kier molecular flexibility index (Phi) is 4.93. The highest BCUT2D eigenvalue weighted by molar-refractivity contribution is 14.1. The summed E-state index contributed by atoms with van der Waals surface area (Å²) in [6.45, 7) is 0. The molecular weight excluding hydrogens is 453 g/mol.